The number of hydrogen-bond donors (Lipinski definition) is 0. The number of benzene rings is 1. The van der Waals surface area contributed by atoms with Crippen LogP contribution in [0.25, 0.3) is 0 Å². The Hall–Kier alpha value is -1.68. The van der Waals surface area contributed by atoms with E-state index in [4.69, 9.17) is 4.74 Å². The molecule has 0 fully saturated rings. The fraction of sp³-hybridized carbons (Fsp3) is 0.143. The van der Waals surface area contributed by atoms with Gasteiger partial charge in [-0.05, 0) is 43.3 Å². The number of halogens is 1. The highest BCUT2D eigenvalue weighted by Gasteiger charge is 2.16. The first-order valence-corrected chi connectivity index (χ1v) is 6.32. The lowest BCUT2D eigenvalue weighted by Gasteiger charge is -2.13. The highest BCUT2D eigenvalue weighted by atomic mass is 79.9. The fourth-order valence-electron chi connectivity index (χ4n) is 1.51. The van der Waals surface area contributed by atoms with Crippen LogP contribution in [0.3, 0.4) is 0 Å². The van der Waals surface area contributed by atoms with E-state index in [2.05, 4.69) is 20.9 Å². The van der Waals surface area contributed by atoms with Crippen LogP contribution in [0.5, 0.6) is 5.75 Å². The third-order valence-electron chi connectivity index (χ3n) is 2.44. The molecule has 1 heterocycles. The minimum absolute atomic E-state index is 0.0778. The topological polar surface area (TPSA) is 39.2 Å². The van der Waals surface area contributed by atoms with Crippen molar-refractivity contribution in [2.75, 3.05) is 0 Å². The molecule has 0 radical (unpaired) electrons. The number of ketones is 1. The average molecular weight is 306 g/mol. The maximum absolute atomic E-state index is 12.0. The predicted molar refractivity (Wildman–Crippen MR) is 72.8 cm³/mol. The summed E-state index contributed by atoms with van der Waals surface area (Å²) in [5.74, 6) is 0.592. The molecule has 0 amide bonds. The molecule has 4 heteroatoms. The van der Waals surface area contributed by atoms with E-state index in [1.807, 2.05) is 24.3 Å². The number of carbonyl (C=O) groups is 1. The lowest BCUT2D eigenvalue weighted by Crippen LogP contribution is -2.23. The average Bonchev–Trinajstić information content (AvgIpc) is 2.41. The molecule has 0 bridgehead atoms. The molecular formula is C14H12BrNO2. The molecule has 18 heavy (non-hydrogen) atoms. The van der Waals surface area contributed by atoms with Crippen molar-refractivity contribution in [3.05, 3.63) is 58.8 Å². The van der Waals surface area contributed by atoms with Crippen molar-refractivity contribution in [2.45, 2.75) is 13.0 Å². The first kappa shape index (κ1) is 12.8. The molecule has 1 aromatic carbocycles. The first-order chi connectivity index (χ1) is 8.66. The number of aromatic nitrogens is 1. The van der Waals surface area contributed by atoms with E-state index < -0.39 is 6.10 Å². The molecule has 92 valence electrons. The Morgan fingerprint density at radius 2 is 2.00 bits per heavy atom. The van der Waals surface area contributed by atoms with E-state index in [1.165, 1.54) is 0 Å². The minimum atomic E-state index is -0.532. The van der Waals surface area contributed by atoms with Gasteiger partial charge in [0.1, 0.15) is 5.75 Å². The molecule has 0 saturated carbocycles. The molecule has 1 unspecified atom stereocenters. The number of Topliss-reactive ketones (excluding diaryl/α,β-unsaturated/α-hetero) is 1. The van der Waals surface area contributed by atoms with Crippen LogP contribution in [-0.4, -0.2) is 16.9 Å². The smallest absolute Gasteiger partial charge is 0.204 e. The second-order valence-electron chi connectivity index (χ2n) is 3.82. The monoisotopic (exact) mass is 305 g/mol. The molecule has 0 spiro atoms. The second-order valence-corrected chi connectivity index (χ2v) is 4.74. The molecule has 0 aliphatic heterocycles. The number of hydrogen-bond acceptors (Lipinski definition) is 3. The van der Waals surface area contributed by atoms with Crippen LogP contribution in [0.2, 0.25) is 0 Å². The lowest BCUT2D eigenvalue weighted by molar-refractivity contribution is 0.0817. The van der Waals surface area contributed by atoms with Gasteiger partial charge in [-0.1, -0.05) is 15.9 Å². The standard InChI is InChI=1S/C14H12BrNO2/c1-10(14(17)11-3-2-8-16-9-11)18-13-6-4-12(15)5-7-13/h2-10H,1H3. The van der Waals surface area contributed by atoms with Gasteiger partial charge in [0.2, 0.25) is 5.78 Å². The third kappa shape index (κ3) is 3.17. The maximum atomic E-state index is 12.0. The van der Waals surface area contributed by atoms with Gasteiger partial charge in [-0.2, -0.15) is 0 Å². The molecule has 3 nitrogen and oxygen atoms in total. The van der Waals surface area contributed by atoms with Crippen LogP contribution in [0.15, 0.2) is 53.3 Å². The molecule has 2 rings (SSSR count). The first-order valence-electron chi connectivity index (χ1n) is 5.53. The molecular weight excluding hydrogens is 294 g/mol. The van der Waals surface area contributed by atoms with Crippen molar-refractivity contribution in [2.24, 2.45) is 0 Å². The van der Waals surface area contributed by atoms with Gasteiger partial charge in [-0.25, -0.2) is 0 Å². The summed E-state index contributed by atoms with van der Waals surface area (Å²) >= 11 is 3.35. The number of ether oxygens (including phenoxy) is 1. The van der Waals surface area contributed by atoms with E-state index in [9.17, 15) is 4.79 Å². The quantitative estimate of drug-likeness (QED) is 0.812. The highest BCUT2D eigenvalue weighted by molar-refractivity contribution is 9.10. The number of pyridine rings is 1. The Morgan fingerprint density at radius 1 is 1.28 bits per heavy atom. The molecule has 0 aliphatic rings. The van der Waals surface area contributed by atoms with Gasteiger partial charge < -0.3 is 4.74 Å². The Labute approximate surface area is 114 Å². The van der Waals surface area contributed by atoms with Gasteiger partial charge in [-0.3, -0.25) is 9.78 Å². The Kier molecular flexibility index (Phi) is 4.10. The van der Waals surface area contributed by atoms with Crippen molar-refractivity contribution >= 4 is 21.7 Å². The van der Waals surface area contributed by atoms with Crippen molar-refractivity contribution in [1.82, 2.24) is 4.98 Å². The summed E-state index contributed by atoms with van der Waals surface area (Å²) in [5.41, 5.74) is 0.558. The van der Waals surface area contributed by atoms with E-state index in [0.717, 1.165) is 4.47 Å². The van der Waals surface area contributed by atoms with Crippen LogP contribution in [-0.2, 0) is 0 Å². The summed E-state index contributed by atoms with van der Waals surface area (Å²) in [5, 5.41) is 0. The van der Waals surface area contributed by atoms with Crippen LogP contribution >= 0.6 is 15.9 Å². The molecule has 1 aromatic heterocycles. The highest BCUT2D eigenvalue weighted by Crippen LogP contribution is 2.18. The van der Waals surface area contributed by atoms with Gasteiger partial charge in [0.15, 0.2) is 6.10 Å². The summed E-state index contributed by atoms with van der Waals surface area (Å²) in [7, 11) is 0. The van der Waals surface area contributed by atoms with Crippen molar-refractivity contribution in [3.63, 3.8) is 0 Å². The second kappa shape index (κ2) is 5.78. The largest absolute Gasteiger partial charge is 0.483 e. The maximum Gasteiger partial charge on any atom is 0.204 e. The van der Waals surface area contributed by atoms with E-state index in [-0.39, 0.29) is 5.78 Å². The molecule has 0 N–H and O–H groups in total. The zero-order chi connectivity index (χ0) is 13.0. The number of rotatable bonds is 4. The summed E-state index contributed by atoms with van der Waals surface area (Å²) in [6, 6.07) is 10.8. The zero-order valence-electron chi connectivity index (χ0n) is 9.84. The minimum Gasteiger partial charge on any atom is -0.483 e. The van der Waals surface area contributed by atoms with Crippen LogP contribution < -0.4 is 4.74 Å². The summed E-state index contributed by atoms with van der Waals surface area (Å²) in [6.45, 7) is 1.73. The Bertz CT molecular complexity index is 525. The summed E-state index contributed by atoms with van der Waals surface area (Å²) in [6.07, 6.45) is 2.65. The van der Waals surface area contributed by atoms with Crippen LogP contribution in [0, 0.1) is 0 Å². The van der Waals surface area contributed by atoms with Crippen LogP contribution in [0.1, 0.15) is 17.3 Å². The van der Waals surface area contributed by atoms with Crippen molar-refractivity contribution in [3.8, 4) is 5.75 Å². The zero-order valence-corrected chi connectivity index (χ0v) is 11.4. The van der Waals surface area contributed by atoms with Crippen LogP contribution in [0.4, 0.5) is 0 Å². The fourth-order valence-corrected chi connectivity index (χ4v) is 1.78. The molecule has 1 atom stereocenters. The predicted octanol–water partition coefficient (Wildman–Crippen LogP) is 3.49. The number of carbonyl (C=O) groups excluding carboxylic acids is 1. The summed E-state index contributed by atoms with van der Waals surface area (Å²) in [4.78, 5) is 16.0. The van der Waals surface area contributed by atoms with Crippen molar-refractivity contribution in [1.29, 1.82) is 0 Å². The molecule has 0 saturated heterocycles. The number of nitrogens with zero attached hydrogens (tertiary/aromatic N) is 1. The molecule has 2 aromatic rings. The SMILES string of the molecule is CC(Oc1ccc(Br)cc1)C(=O)c1cccnc1. The van der Waals surface area contributed by atoms with E-state index in [1.54, 1.807) is 31.5 Å². The van der Waals surface area contributed by atoms with Gasteiger partial charge in [0.05, 0.1) is 0 Å². The normalized spacial score (nSPS) is 11.9. The van der Waals surface area contributed by atoms with Gasteiger partial charge in [0.25, 0.3) is 0 Å². The van der Waals surface area contributed by atoms with Gasteiger partial charge >= 0.3 is 0 Å². The Balaban J connectivity index is 2.06. The van der Waals surface area contributed by atoms with Gasteiger partial charge in [0, 0.05) is 22.4 Å². The van der Waals surface area contributed by atoms with E-state index in [0.29, 0.717) is 11.3 Å². The van der Waals surface area contributed by atoms with Gasteiger partial charge in [-0.15, -0.1) is 0 Å². The van der Waals surface area contributed by atoms with E-state index >= 15 is 0 Å². The summed E-state index contributed by atoms with van der Waals surface area (Å²) < 4.78 is 6.56. The molecule has 0 aliphatic carbocycles. The Morgan fingerprint density at radius 3 is 2.61 bits per heavy atom. The lowest BCUT2D eigenvalue weighted by atomic mass is 10.1. The third-order valence-corrected chi connectivity index (χ3v) is 2.97. The van der Waals surface area contributed by atoms with Crippen molar-refractivity contribution < 1.29 is 9.53 Å².